The topological polar surface area (TPSA) is 29.4 Å². The van der Waals surface area contributed by atoms with Gasteiger partial charge in [-0.25, -0.2) is 4.79 Å². The van der Waals surface area contributed by atoms with Crippen LogP contribution >= 0.6 is 0 Å². The number of isocyanates is 1. The molecule has 10 heavy (non-hydrogen) atoms. The first-order valence-corrected chi connectivity index (χ1v) is 3.27. The smallest absolute Gasteiger partial charge is 0.211 e. The van der Waals surface area contributed by atoms with E-state index >= 15 is 0 Å². The Morgan fingerprint density at radius 3 is 2.40 bits per heavy atom. The summed E-state index contributed by atoms with van der Waals surface area (Å²) in [5.74, 6) is 0. The van der Waals surface area contributed by atoms with Gasteiger partial charge < -0.3 is 0 Å². The van der Waals surface area contributed by atoms with Crippen LogP contribution in [0.3, 0.4) is 0 Å². The van der Waals surface area contributed by atoms with Gasteiger partial charge in [0, 0.05) is 0 Å². The van der Waals surface area contributed by atoms with Gasteiger partial charge in [-0.3, -0.25) is 0 Å². The van der Waals surface area contributed by atoms with Crippen molar-refractivity contribution in [1.82, 2.24) is 0 Å². The first-order chi connectivity index (χ1) is 4.54. The maximum atomic E-state index is 9.92. The number of allylic oxidation sites excluding steroid dienone is 1. The highest BCUT2D eigenvalue weighted by Gasteiger charge is 2.16. The fraction of sp³-hybridized carbons (Fsp3) is 0.625. The Balaban J connectivity index is 4.55. The molecule has 0 saturated carbocycles. The van der Waals surface area contributed by atoms with Crippen molar-refractivity contribution in [2.75, 3.05) is 0 Å². The van der Waals surface area contributed by atoms with Crippen molar-refractivity contribution in [1.29, 1.82) is 0 Å². The van der Waals surface area contributed by atoms with Gasteiger partial charge in [-0.05, 0) is 33.3 Å². The van der Waals surface area contributed by atoms with E-state index in [0.717, 1.165) is 5.57 Å². The summed E-state index contributed by atoms with van der Waals surface area (Å²) >= 11 is 0. The van der Waals surface area contributed by atoms with Crippen LogP contribution in [0.5, 0.6) is 0 Å². The van der Waals surface area contributed by atoms with Crippen LogP contribution in [-0.4, -0.2) is 11.6 Å². The van der Waals surface area contributed by atoms with Gasteiger partial charge in [0.1, 0.15) is 0 Å². The number of hydrogen-bond acceptors (Lipinski definition) is 2. The first kappa shape index (κ1) is 9.12. The third kappa shape index (κ3) is 2.16. The number of rotatable bonds is 2. The zero-order valence-corrected chi connectivity index (χ0v) is 6.93. The quantitative estimate of drug-likeness (QED) is 0.327. The molecule has 0 aromatic heterocycles. The predicted molar refractivity (Wildman–Crippen MR) is 41.6 cm³/mol. The molecule has 0 aromatic rings. The van der Waals surface area contributed by atoms with E-state index in [0.29, 0.717) is 0 Å². The third-order valence-electron chi connectivity index (χ3n) is 1.72. The standard InChI is InChI=1S/C8H13NO/c1-5-7(2)8(3,4)9-6-10/h5H,1-4H3. The summed E-state index contributed by atoms with van der Waals surface area (Å²) in [6.45, 7) is 7.64. The molecule has 2 nitrogen and oxygen atoms in total. The lowest BCUT2D eigenvalue weighted by Crippen LogP contribution is -2.17. The van der Waals surface area contributed by atoms with Crippen molar-refractivity contribution in [3.8, 4) is 0 Å². The van der Waals surface area contributed by atoms with Gasteiger partial charge in [0.15, 0.2) is 0 Å². The lowest BCUT2D eigenvalue weighted by atomic mass is 9.96. The lowest BCUT2D eigenvalue weighted by Gasteiger charge is -2.17. The van der Waals surface area contributed by atoms with Gasteiger partial charge >= 0.3 is 0 Å². The molecule has 0 aliphatic rings. The van der Waals surface area contributed by atoms with Gasteiger partial charge in [0.05, 0.1) is 5.54 Å². The highest BCUT2D eigenvalue weighted by Crippen LogP contribution is 2.18. The Morgan fingerprint density at radius 1 is 1.60 bits per heavy atom. The molecular formula is C8H13NO. The van der Waals surface area contributed by atoms with Crippen molar-refractivity contribution in [3.63, 3.8) is 0 Å². The van der Waals surface area contributed by atoms with Gasteiger partial charge in [0.2, 0.25) is 6.08 Å². The summed E-state index contributed by atoms with van der Waals surface area (Å²) in [5.41, 5.74) is 0.701. The maximum absolute atomic E-state index is 9.92. The van der Waals surface area contributed by atoms with Gasteiger partial charge in [-0.1, -0.05) is 6.08 Å². The van der Waals surface area contributed by atoms with Gasteiger partial charge in [-0.2, -0.15) is 4.99 Å². The number of hydrogen-bond donors (Lipinski definition) is 0. The summed E-state index contributed by atoms with van der Waals surface area (Å²) in [6, 6.07) is 0. The van der Waals surface area contributed by atoms with Crippen LogP contribution in [0.2, 0.25) is 0 Å². The van der Waals surface area contributed by atoms with Crippen molar-refractivity contribution in [2.45, 2.75) is 33.2 Å². The number of nitrogens with zero attached hydrogens (tertiary/aromatic N) is 1. The summed E-state index contributed by atoms with van der Waals surface area (Å²) in [5, 5.41) is 0. The third-order valence-corrected chi connectivity index (χ3v) is 1.72. The van der Waals surface area contributed by atoms with Crippen LogP contribution in [0.4, 0.5) is 0 Å². The van der Waals surface area contributed by atoms with Gasteiger partial charge in [0.25, 0.3) is 0 Å². The molecule has 0 aliphatic heterocycles. The molecule has 0 aromatic carbocycles. The Kier molecular flexibility index (Phi) is 3.04. The fourth-order valence-electron chi connectivity index (χ4n) is 0.556. The Labute approximate surface area is 61.7 Å². The Hall–Kier alpha value is -0.880. The van der Waals surface area contributed by atoms with E-state index in [2.05, 4.69) is 4.99 Å². The zero-order valence-electron chi connectivity index (χ0n) is 6.93. The molecule has 0 saturated heterocycles. The van der Waals surface area contributed by atoms with Crippen LogP contribution in [0.25, 0.3) is 0 Å². The lowest BCUT2D eigenvalue weighted by molar-refractivity contribution is 0.543. The molecule has 0 bridgehead atoms. The summed E-state index contributed by atoms with van der Waals surface area (Å²) in [6.07, 6.45) is 3.50. The average molecular weight is 139 g/mol. The molecule has 0 fully saturated rings. The molecule has 0 N–H and O–H groups in total. The molecule has 0 rings (SSSR count). The van der Waals surface area contributed by atoms with Crippen LogP contribution in [0, 0.1) is 0 Å². The van der Waals surface area contributed by atoms with Crippen molar-refractivity contribution < 1.29 is 4.79 Å². The molecule has 0 radical (unpaired) electrons. The minimum Gasteiger partial charge on any atom is -0.211 e. The second-order valence-electron chi connectivity index (χ2n) is 2.73. The average Bonchev–Trinajstić information content (AvgIpc) is 1.86. The molecule has 2 heteroatoms. The Morgan fingerprint density at radius 2 is 2.10 bits per heavy atom. The van der Waals surface area contributed by atoms with Crippen LogP contribution in [0.1, 0.15) is 27.7 Å². The molecule has 0 spiro atoms. The van der Waals surface area contributed by atoms with Crippen molar-refractivity contribution in [3.05, 3.63) is 11.6 Å². The van der Waals surface area contributed by atoms with Crippen LogP contribution in [0.15, 0.2) is 16.6 Å². The summed E-state index contributed by atoms with van der Waals surface area (Å²) in [4.78, 5) is 13.6. The number of aliphatic imine (C=N–C) groups is 1. The van der Waals surface area contributed by atoms with Gasteiger partial charge in [-0.15, -0.1) is 0 Å². The van der Waals surface area contributed by atoms with E-state index in [1.165, 1.54) is 0 Å². The highest BCUT2D eigenvalue weighted by molar-refractivity contribution is 5.37. The number of carbonyl (C=O) groups excluding carboxylic acids is 1. The summed E-state index contributed by atoms with van der Waals surface area (Å²) in [7, 11) is 0. The minimum atomic E-state index is -0.378. The summed E-state index contributed by atoms with van der Waals surface area (Å²) < 4.78 is 0. The van der Waals surface area contributed by atoms with E-state index in [9.17, 15) is 4.79 Å². The SMILES string of the molecule is CC=C(C)C(C)(C)N=C=O. The molecule has 0 atom stereocenters. The second-order valence-corrected chi connectivity index (χ2v) is 2.73. The first-order valence-electron chi connectivity index (χ1n) is 3.27. The zero-order chi connectivity index (χ0) is 8.20. The van der Waals surface area contributed by atoms with Crippen LogP contribution in [-0.2, 0) is 4.79 Å². The van der Waals surface area contributed by atoms with E-state index in [4.69, 9.17) is 0 Å². The molecule has 0 amide bonds. The molecule has 0 unspecified atom stereocenters. The Bertz CT molecular complexity index is 185. The van der Waals surface area contributed by atoms with E-state index in [-0.39, 0.29) is 5.54 Å². The molecular weight excluding hydrogens is 126 g/mol. The molecule has 0 heterocycles. The van der Waals surface area contributed by atoms with E-state index in [1.54, 1.807) is 6.08 Å². The normalized spacial score (nSPS) is 12.6. The largest absolute Gasteiger partial charge is 0.235 e. The highest BCUT2D eigenvalue weighted by atomic mass is 16.1. The molecule has 0 aliphatic carbocycles. The van der Waals surface area contributed by atoms with E-state index in [1.807, 2.05) is 33.8 Å². The van der Waals surface area contributed by atoms with Crippen LogP contribution < -0.4 is 0 Å². The predicted octanol–water partition coefficient (Wildman–Crippen LogP) is 2.07. The van der Waals surface area contributed by atoms with E-state index < -0.39 is 0 Å². The fourth-order valence-corrected chi connectivity index (χ4v) is 0.556. The monoisotopic (exact) mass is 139 g/mol. The van der Waals surface area contributed by atoms with Crippen molar-refractivity contribution in [2.24, 2.45) is 4.99 Å². The molecule has 56 valence electrons. The maximum Gasteiger partial charge on any atom is 0.235 e. The van der Waals surface area contributed by atoms with Crippen molar-refractivity contribution >= 4 is 6.08 Å². The second kappa shape index (κ2) is 3.33. The minimum absolute atomic E-state index is 0.378.